The van der Waals surface area contributed by atoms with Gasteiger partial charge in [-0.05, 0) is 25.7 Å². The average molecular weight is 889 g/mol. The van der Waals surface area contributed by atoms with Crippen LogP contribution in [-0.4, -0.2) is 80.6 Å². The van der Waals surface area contributed by atoms with Gasteiger partial charge < -0.3 is 25.2 Å². The van der Waals surface area contributed by atoms with Crippen molar-refractivity contribution in [3.8, 4) is 0 Å². The number of esters is 1. The number of ether oxygens (including phenoxy) is 2. The molecule has 0 saturated heterocycles. The molecule has 0 bridgehead atoms. The second kappa shape index (κ2) is 43.0. The van der Waals surface area contributed by atoms with E-state index < -0.39 is 32.2 Å². The van der Waals surface area contributed by atoms with E-state index in [-0.39, 0.29) is 57.6 Å². The minimum Gasteiger partial charge on any atom is -0.481 e. The van der Waals surface area contributed by atoms with Crippen LogP contribution in [0, 0.1) is 0 Å². The standard InChI is InChI=1S/C47H89N2O11P/c1-5-9-12-15-17-19-20-22-23-26-29-32-44(50)49-42(41-59-61(55,57-36-8-4)58-38-35-48-45(51)39-46(52)53)40-56-37-34-43(31-28-25-14-11-7-3)60-47(54)33-30-27-24-21-18-16-13-10-6-2/h8,42-43H,4-7,9-41H2,1-3H3,(H,48,51)(H,49,50)(H,52,53)/t42-,43-,61?/m1/s1. The van der Waals surface area contributed by atoms with Gasteiger partial charge in [0, 0.05) is 25.8 Å². The van der Waals surface area contributed by atoms with Crippen molar-refractivity contribution in [2.45, 2.75) is 226 Å². The van der Waals surface area contributed by atoms with E-state index in [0.717, 1.165) is 77.0 Å². The van der Waals surface area contributed by atoms with Gasteiger partial charge in [0.05, 0.1) is 39.1 Å². The van der Waals surface area contributed by atoms with Crippen LogP contribution in [0.25, 0.3) is 0 Å². The highest BCUT2D eigenvalue weighted by molar-refractivity contribution is 7.48. The number of nitrogens with one attached hydrogen (secondary N) is 2. The lowest BCUT2D eigenvalue weighted by Crippen LogP contribution is -2.41. The number of phosphoric acid groups is 1. The average Bonchev–Trinajstić information content (AvgIpc) is 3.23. The van der Waals surface area contributed by atoms with Crippen molar-refractivity contribution in [3.63, 3.8) is 0 Å². The second-order valence-electron chi connectivity index (χ2n) is 16.4. The van der Waals surface area contributed by atoms with Crippen LogP contribution >= 0.6 is 7.82 Å². The molecule has 358 valence electrons. The van der Waals surface area contributed by atoms with Crippen molar-refractivity contribution in [3.05, 3.63) is 12.7 Å². The summed E-state index contributed by atoms with van der Waals surface area (Å²) in [6.07, 6.45) is 31.5. The molecule has 2 amide bonds. The molecule has 0 fully saturated rings. The molecule has 0 heterocycles. The first kappa shape index (κ1) is 58.7. The van der Waals surface area contributed by atoms with Crippen LogP contribution in [0.3, 0.4) is 0 Å². The molecule has 1 unspecified atom stereocenters. The summed E-state index contributed by atoms with van der Waals surface area (Å²) in [5.74, 6) is -2.33. The molecule has 14 heteroatoms. The maximum absolute atomic E-state index is 13.5. The summed E-state index contributed by atoms with van der Waals surface area (Å²) in [5.41, 5.74) is 0. The first-order valence-corrected chi connectivity index (χ1v) is 25.7. The molecule has 61 heavy (non-hydrogen) atoms. The maximum Gasteiger partial charge on any atom is 0.475 e. The Morgan fingerprint density at radius 2 is 1.11 bits per heavy atom. The minimum atomic E-state index is -4.19. The van der Waals surface area contributed by atoms with E-state index in [1.54, 1.807) is 0 Å². The highest BCUT2D eigenvalue weighted by Gasteiger charge is 2.29. The molecule has 0 rings (SSSR count). The van der Waals surface area contributed by atoms with E-state index in [1.165, 1.54) is 96.0 Å². The molecule has 0 aromatic heterocycles. The van der Waals surface area contributed by atoms with E-state index in [2.05, 4.69) is 38.0 Å². The SMILES string of the molecule is C=CCOP(=O)(OCCNC(=O)CC(=O)O)OC[C@@H](COCC[C@@H](CCCCCCC)OC(=O)CCCCCCCCCCC)NC(=O)CCCCCCCCCCCCC. The smallest absolute Gasteiger partial charge is 0.475 e. The Morgan fingerprint density at radius 1 is 0.607 bits per heavy atom. The summed E-state index contributed by atoms with van der Waals surface area (Å²) < 4.78 is 42.0. The Balaban J connectivity index is 5.29. The Morgan fingerprint density at radius 3 is 1.64 bits per heavy atom. The third-order valence-corrected chi connectivity index (χ3v) is 11.9. The van der Waals surface area contributed by atoms with Crippen molar-refractivity contribution < 1.29 is 51.9 Å². The van der Waals surface area contributed by atoms with Gasteiger partial charge in [-0.25, -0.2) is 4.57 Å². The van der Waals surface area contributed by atoms with Crippen LogP contribution in [0.4, 0.5) is 0 Å². The van der Waals surface area contributed by atoms with Gasteiger partial charge in [-0.3, -0.25) is 32.7 Å². The number of rotatable bonds is 47. The molecule has 0 aromatic carbocycles. The monoisotopic (exact) mass is 889 g/mol. The maximum atomic E-state index is 13.5. The number of aliphatic carboxylic acids is 1. The van der Waals surface area contributed by atoms with Crippen molar-refractivity contribution in [1.82, 2.24) is 10.6 Å². The predicted molar refractivity (Wildman–Crippen MR) is 244 cm³/mol. The van der Waals surface area contributed by atoms with Crippen molar-refractivity contribution in [2.75, 3.05) is 39.6 Å². The van der Waals surface area contributed by atoms with Crippen molar-refractivity contribution in [1.29, 1.82) is 0 Å². The Hall–Kier alpha value is -2.31. The number of unbranched alkanes of at least 4 members (excludes halogenated alkanes) is 22. The topological polar surface area (TPSA) is 176 Å². The quantitative estimate of drug-likeness (QED) is 0.0174. The Kier molecular flexibility index (Phi) is 41.3. The third kappa shape index (κ3) is 40.2. The van der Waals surface area contributed by atoms with Crippen molar-refractivity contribution >= 4 is 31.6 Å². The zero-order valence-corrected chi connectivity index (χ0v) is 39.8. The van der Waals surface area contributed by atoms with Gasteiger partial charge in [0.15, 0.2) is 0 Å². The lowest BCUT2D eigenvalue weighted by atomic mass is 10.1. The fourth-order valence-corrected chi connectivity index (χ4v) is 8.06. The van der Waals surface area contributed by atoms with Crippen LogP contribution in [-0.2, 0) is 46.8 Å². The zero-order chi connectivity index (χ0) is 45.1. The van der Waals surface area contributed by atoms with Crippen LogP contribution in [0.15, 0.2) is 12.7 Å². The van der Waals surface area contributed by atoms with Gasteiger partial charge in [0.1, 0.15) is 12.5 Å². The number of phosphoric ester groups is 1. The fraction of sp³-hybridized carbons (Fsp3) is 0.872. The number of carboxylic acids is 1. The molecule has 0 saturated carbocycles. The van der Waals surface area contributed by atoms with Crippen LogP contribution in [0.5, 0.6) is 0 Å². The number of carbonyl (C=O) groups is 4. The fourth-order valence-electron chi connectivity index (χ4n) is 6.87. The van der Waals surface area contributed by atoms with Gasteiger partial charge in [-0.1, -0.05) is 168 Å². The van der Waals surface area contributed by atoms with E-state index in [1.807, 2.05) is 0 Å². The summed E-state index contributed by atoms with van der Waals surface area (Å²) in [4.78, 5) is 48.5. The van der Waals surface area contributed by atoms with Gasteiger partial charge >= 0.3 is 19.8 Å². The summed E-state index contributed by atoms with van der Waals surface area (Å²) in [7, 11) is -4.19. The third-order valence-electron chi connectivity index (χ3n) is 10.5. The van der Waals surface area contributed by atoms with Gasteiger partial charge in [0.2, 0.25) is 11.8 Å². The number of carbonyl (C=O) groups excluding carboxylic acids is 3. The molecule has 0 aliphatic heterocycles. The zero-order valence-electron chi connectivity index (χ0n) is 38.9. The van der Waals surface area contributed by atoms with Gasteiger partial charge in [-0.15, -0.1) is 6.58 Å². The molecule has 13 nitrogen and oxygen atoms in total. The van der Waals surface area contributed by atoms with Crippen LogP contribution in [0.2, 0.25) is 0 Å². The van der Waals surface area contributed by atoms with E-state index >= 15 is 0 Å². The van der Waals surface area contributed by atoms with E-state index in [0.29, 0.717) is 19.3 Å². The molecule has 0 radical (unpaired) electrons. The molecule has 3 N–H and O–H groups in total. The van der Waals surface area contributed by atoms with Crippen LogP contribution < -0.4 is 10.6 Å². The lowest BCUT2D eigenvalue weighted by molar-refractivity contribution is -0.150. The molecule has 0 spiro atoms. The lowest BCUT2D eigenvalue weighted by Gasteiger charge is -2.23. The number of hydrogen-bond donors (Lipinski definition) is 3. The second-order valence-corrected chi connectivity index (χ2v) is 18.1. The van der Waals surface area contributed by atoms with Gasteiger partial charge in [-0.2, -0.15) is 0 Å². The van der Waals surface area contributed by atoms with Gasteiger partial charge in [0.25, 0.3) is 0 Å². The first-order chi connectivity index (χ1) is 29.6. The summed E-state index contributed by atoms with van der Waals surface area (Å²) >= 11 is 0. The largest absolute Gasteiger partial charge is 0.481 e. The summed E-state index contributed by atoms with van der Waals surface area (Å²) in [6, 6.07) is -0.693. The molecule has 0 aliphatic rings. The van der Waals surface area contributed by atoms with Crippen molar-refractivity contribution in [2.24, 2.45) is 0 Å². The molecular formula is C47H89N2O11P. The first-order valence-electron chi connectivity index (χ1n) is 24.3. The minimum absolute atomic E-state index is 0.0479. The van der Waals surface area contributed by atoms with E-state index in [9.17, 15) is 23.7 Å². The highest BCUT2D eigenvalue weighted by atomic mass is 31.2. The molecule has 0 aromatic rings. The number of hydrogen-bond acceptors (Lipinski definition) is 10. The summed E-state index contributed by atoms with van der Waals surface area (Å²) in [6.45, 7) is 9.76. The van der Waals surface area contributed by atoms with E-state index in [4.69, 9.17) is 28.2 Å². The highest BCUT2D eigenvalue weighted by Crippen LogP contribution is 2.49. The Bertz CT molecular complexity index is 1140. The normalized spacial score (nSPS) is 13.3. The molecule has 0 aliphatic carbocycles. The predicted octanol–water partition coefficient (Wildman–Crippen LogP) is 11.7. The summed E-state index contributed by atoms with van der Waals surface area (Å²) in [5, 5.41) is 14.1. The number of carboxylic acid groups (broad SMARTS) is 1. The van der Waals surface area contributed by atoms with Crippen LogP contribution in [0.1, 0.15) is 213 Å². The molecular weight excluding hydrogens is 799 g/mol. The Labute approximate surface area is 370 Å². The molecule has 3 atom stereocenters. The number of amides is 2.